The zero-order valence-electron chi connectivity index (χ0n) is 10.8. The summed E-state index contributed by atoms with van der Waals surface area (Å²) in [5.41, 5.74) is 0.438. The van der Waals surface area contributed by atoms with Crippen molar-refractivity contribution in [2.24, 2.45) is 0 Å². The number of ether oxygens (including phenoxy) is 1. The summed E-state index contributed by atoms with van der Waals surface area (Å²) in [4.78, 5) is 34.3. The Balaban J connectivity index is 2.04. The molecule has 1 aromatic carbocycles. The van der Waals surface area contributed by atoms with Crippen LogP contribution in [0.15, 0.2) is 24.3 Å². The molecule has 1 atom stereocenters. The number of aliphatic carboxylic acids is 1. The van der Waals surface area contributed by atoms with Crippen LogP contribution in [0.2, 0.25) is 0 Å². The summed E-state index contributed by atoms with van der Waals surface area (Å²) in [6.45, 7) is 0.326. The molecular formula is C14H15NO5. The number of hydrogen-bond donors (Lipinski definition) is 2. The molecule has 1 aliphatic rings. The molecule has 6 nitrogen and oxygen atoms in total. The Morgan fingerprint density at radius 3 is 2.80 bits per heavy atom. The van der Waals surface area contributed by atoms with Gasteiger partial charge in [0, 0.05) is 12.8 Å². The Morgan fingerprint density at radius 1 is 1.30 bits per heavy atom. The molecule has 2 N–H and O–H groups in total. The predicted molar refractivity (Wildman–Crippen MR) is 69.7 cm³/mol. The molecule has 0 aromatic heterocycles. The molecule has 0 spiro atoms. The number of rotatable bonds is 4. The number of ketones is 1. The molecule has 6 heteroatoms. The van der Waals surface area contributed by atoms with E-state index in [2.05, 4.69) is 5.32 Å². The van der Waals surface area contributed by atoms with E-state index < -0.39 is 17.9 Å². The Labute approximate surface area is 115 Å². The minimum absolute atomic E-state index is 0.137. The van der Waals surface area contributed by atoms with Crippen LogP contribution >= 0.6 is 0 Å². The maximum absolute atomic E-state index is 12.3. The number of carbonyl (C=O) groups excluding carboxylic acids is 2. The van der Waals surface area contributed by atoms with Gasteiger partial charge >= 0.3 is 5.97 Å². The van der Waals surface area contributed by atoms with E-state index >= 15 is 0 Å². The van der Waals surface area contributed by atoms with Crippen LogP contribution in [-0.4, -0.2) is 35.4 Å². The van der Waals surface area contributed by atoms with Gasteiger partial charge in [0.15, 0.2) is 5.78 Å². The first-order valence-corrected chi connectivity index (χ1v) is 6.35. The third kappa shape index (κ3) is 3.34. The summed E-state index contributed by atoms with van der Waals surface area (Å²) >= 11 is 0. The van der Waals surface area contributed by atoms with Gasteiger partial charge in [0.2, 0.25) is 5.91 Å². The number of amides is 1. The third-order valence-electron chi connectivity index (χ3n) is 3.03. The number of carboxylic acid groups (broad SMARTS) is 1. The molecule has 2 rings (SSSR count). The second kappa shape index (κ2) is 6.18. The van der Waals surface area contributed by atoms with Crippen molar-refractivity contribution in [1.29, 1.82) is 0 Å². The average molecular weight is 277 g/mol. The van der Waals surface area contributed by atoms with Gasteiger partial charge in [-0.25, -0.2) is 0 Å². The largest absolute Gasteiger partial charge is 0.493 e. The van der Waals surface area contributed by atoms with E-state index in [4.69, 9.17) is 9.84 Å². The molecule has 20 heavy (non-hydrogen) atoms. The van der Waals surface area contributed by atoms with Gasteiger partial charge in [-0.05, 0) is 12.1 Å². The van der Waals surface area contributed by atoms with Crippen LogP contribution < -0.4 is 10.1 Å². The van der Waals surface area contributed by atoms with Gasteiger partial charge in [0.1, 0.15) is 5.75 Å². The summed E-state index contributed by atoms with van der Waals surface area (Å²) in [5, 5.41) is 11.1. The highest BCUT2D eigenvalue weighted by molar-refractivity contribution is 6.04. The number of hydrogen-bond acceptors (Lipinski definition) is 4. The highest BCUT2D eigenvalue weighted by Crippen LogP contribution is 2.23. The van der Waals surface area contributed by atoms with Crippen LogP contribution in [0.5, 0.6) is 5.75 Å². The summed E-state index contributed by atoms with van der Waals surface area (Å²) < 4.78 is 5.46. The molecule has 0 fully saturated rings. The van der Waals surface area contributed by atoms with Crippen molar-refractivity contribution in [3.05, 3.63) is 29.8 Å². The van der Waals surface area contributed by atoms with Gasteiger partial charge in [-0.3, -0.25) is 14.4 Å². The number of Topliss-reactive ketones (excluding diaryl/α,β-unsaturated/α-hetero) is 1. The van der Waals surface area contributed by atoms with E-state index in [-0.39, 0.29) is 18.6 Å². The number of para-hydroxylation sites is 1. The minimum atomic E-state index is -1.04. The van der Waals surface area contributed by atoms with E-state index in [1.165, 1.54) is 0 Å². The summed E-state index contributed by atoms with van der Waals surface area (Å²) in [6, 6.07) is 6.20. The number of benzene rings is 1. The fourth-order valence-corrected chi connectivity index (χ4v) is 2.03. The van der Waals surface area contributed by atoms with Crippen LogP contribution in [0.1, 0.15) is 29.6 Å². The van der Waals surface area contributed by atoms with E-state index in [0.717, 1.165) is 0 Å². The Morgan fingerprint density at radius 2 is 2.05 bits per heavy atom. The Bertz CT molecular complexity index is 540. The van der Waals surface area contributed by atoms with Crippen molar-refractivity contribution in [2.45, 2.75) is 25.3 Å². The molecule has 1 aliphatic heterocycles. The van der Waals surface area contributed by atoms with Gasteiger partial charge in [0.05, 0.1) is 24.6 Å². The Hall–Kier alpha value is -2.37. The number of nitrogens with one attached hydrogen (secondary N) is 1. The molecule has 1 aromatic rings. The van der Waals surface area contributed by atoms with Crippen molar-refractivity contribution in [1.82, 2.24) is 5.32 Å². The lowest BCUT2D eigenvalue weighted by molar-refractivity contribution is -0.138. The SMILES string of the molecule is O=C(O)CCC(=O)NC1CCOc2ccccc2C1=O. The lowest BCUT2D eigenvalue weighted by Crippen LogP contribution is -2.41. The lowest BCUT2D eigenvalue weighted by Gasteiger charge is -2.14. The maximum Gasteiger partial charge on any atom is 0.303 e. The van der Waals surface area contributed by atoms with Gasteiger partial charge in [-0.1, -0.05) is 12.1 Å². The van der Waals surface area contributed by atoms with Crippen molar-refractivity contribution in [2.75, 3.05) is 6.61 Å². The van der Waals surface area contributed by atoms with Gasteiger partial charge in [0.25, 0.3) is 0 Å². The van der Waals surface area contributed by atoms with Crippen molar-refractivity contribution >= 4 is 17.7 Å². The van der Waals surface area contributed by atoms with Crippen molar-refractivity contribution in [3.63, 3.8) is 0 Å². The van der Waals surface area contributed by atoms with Crippen LogP contribution in [0, 0.1) is 0 Å². The molecular weight excluding hydrogens is 262 g/mol. The topological polar surface area (TPSA) is 92.7 Å². The Kier molecular flexibility index (Phi) is 4.34. The summed E-state index contributed by atoms with van der Waals surface area (Å²) in [6.07, 6.45) is -0.0201. The molecule has 0 saturated carbocycles. The molecule has 1 heterocycles. The van der Waals surface area contributed by atoms with E-state index in [1.54, 1.807) is 24.3 Å². The third-order valence-corrected chi connectivity index (χ3v) is 3.03. The maximum atomic E-state index is 12.3. The van der Waals surface area contributed by atoms with Crippen LogP contribution in [0.3, 0.4) is 0 Å². The zero-order chi connectivity index (χ0) is 14.5. The van der Waals surface area contributed by atoms with Gasteiger partial charge in [-0.15, -0.1) is 0 Å². The molecule has 1 unspecified atom stereocenters. The van der Waals surface area contributed by atoms with Crippen LogP contribution in [0.4, 0.5) is 0 Å². The first-order valence-electron chi connectivity index (χ1n) is 6.35. The molecule has 1 amide bonds. The van der Waals surface area contributed by atoms with E-state index in [9.17, 15) is 14.4 Å². The molecule has 106 valence electrons. The minimum Gasteiger partial charge on any atom is -0.493 e. The van der Waals surface area contributed by atoms with Crippen molar-refractivity contribution in [3.8, 4) is 5.75 Å². The summed E-state index contributed by atoms with van der Waals surface area (Å²) in [5.74, 6) is -1.17. The highest BCUT2D eigenvalue weighted by atomic mass is 16.5. The second-order valence-electron chi connectivity index (χ2n) is 4.51. The van der Waals surface area contributed by atoms with Gasteiger partial charge in [-0.2, -0.15) is 0 Å². The molecule has 0 aliphatic carbocycles. The van der Waals surface area contributed by atoms with E-state index in [0.29, 0.717) is 24.3 Å². The summed E-state index contributed by atoms with van der Waals surface area (Å²) in [7, 11) is 0. The monoisotopic (exact) mass is 277 g/mol. The zero-order valence-corrected chi connectivity index (χ0v) is 10.8. The van der Waals surface area contributed by atoms with Crippen LogP contribution in [-0.2, 0) is 9.59 Å². The highest BCUT2D eigenvalue weighted by Gasteiger charge is 2.27. The standard InChI is InChI=1S/C14H15NO5/c16-12(5-6-13(17)18)15-10-7-8-20-11-4-2-1-3-9(11)14(10)19/h1-4,10H,5-8H2,(H,15,16)(H,17,18). The number of carbonyl (C=O) groups is 3. The molecule has 0 saturated heterocycles. The number of fused-ring (bicyclic) bond motifs is 1. The fourth-order valence-electron chi connectivity index (χ4n) is 2.03. The lowest BCUT2D eigenvalue weighted by atomic mass is 10.0. The predicted octanol–water partition coefficient (Wildman–Crippen LogP) is 1.00. The van der Waals surface area contributed by atoms with Crippen LogP contribution in [0.25, 0.3) is 0 Å². The molecule has 0 bridgehead atoms. The fraction of sp³-hybridized carbons (Fsp3) is 0.357. The van der Waals surface area contributed by atoms with E-state index in [1.807, 2.05) is 0 Å². The van der Waals surface area contributed by atoms with Crippen molar-refractivity contribution < 1.29 is 24.2 Å². The molecule has 0 radical (unpaired) electrons. The normalized spacial score (nSPS) is 17.6. The first-order chi connectivity index (χ1) is 9.58. The first kappa shape index (κ1) is 14.0. The second-order valence-corrected chi connectivity index (χ2v) is 4.51. The average Bonchev–Trinajstić information content (AvgIpc) is 2.58. The van der Waals surface area contributed by atoms with Gasteiger partial charge < -0.3 is 15.2 Å². The number of carboxylic acids is 1. The quantitative estimate of drug-likeness (QED) is 0.856. The smallest absolute Gasteiger partial charge is 0.303 e.